The molecule has 0 bridgehead atoms. The molecular weight excluding hydrogens is 222 g/mol. The van der Waals surface area contributed by atoms with Gasteiger partial charge >= 0.3 is 0 Å². The summed E-state index contributed by atoms with van der Waals surface area (Å²) in [6.07, 6.45) is 1.05. The van der Waals surface area contributed by atoms with Crippen molar-refractivity contribution in [3.63, 3.8) is 0 Å². The maximum Gasteiger partial charge on any atom is 0.0662 e. The predicted octanol–water partition coefficient (Wildman–Crippen LogP) is 2.57. The molecule has 2 rings (SSSR count). The molecule has 0 radical (unpaired) electrons. The quantitative estimate of drug-likeness (QED) is 0.897. The molecule has 2 aromatic rings. The molecule has 0 fully saturated rings. The van der Waals surface area contributed by atoms with Crippen molar-refractivity contribution in [2.45, 2.75) is 40.3 Å². The third-order valence-electron chi connectivity index (χ3n) is 3.48. The van der Waals surface area contributed by atoms with Crippen LogP contribution in [0.2, 0.25) is 0 Å². The highest BCUT2D eigenvalue weighted by Gasteiger charge is 2.09. The van der Waals surface area contributed by atoms with E-state index in [4.69, 9.17) is 5.73 Å². The van der Waals surface area contributed by atoms with Crippen LogP contribution in [0.25, 0.3) is 0 Å². The third-order valence-corrected chi connectivity index (χ3v) is 3.48. The van der Waals surface area contributed by atoms with Crippen LogP contribution in [0, 0.1) is 13.8 Å². The summed E-state index contributed by atoms with van der Waals surface area (Å²) in [5.41, 5.74) is 11.8. The second-order valence-electron chi connectivity index (χ2n) is 4.68. The Morgan fingerprint density at radius 2 is 1.72 bits per heavy atom. The van der Waals surface area contributed by atoms with Crippen molar-refractivity contribution in [1.82, 2.24) is 9.78 Å². The van der Waals surface area contributed by atoms with Crippen molar-refractivity contribution in [1.29, 1.82) is 0 Å². The van der Waals surface area contributed by atoms with E-state index in [1.807, 2.05) is 0 Å². The maximum atomic E-state index is 5.60. The lowest BCUT2D eigenvalue weighted by Gasteiger charge is -2.06. The topological polar surface area (TPSA) is 43.8 Å². The summed E-state index contributed by atoms with van der Waals surface area (Å²) < 4.78 is 2.09. The van der Waals surface area contributed by atoms with Gasteiger partial charge in [-0.25, -0.2) is 0 Å². The molecule has 0 saturated carbocycles. The molecular formula is C15H21N3. The van der Waals surface area contributed by atoms with Gasteiger partial charge in [0, 0.05) is 12.2 Å². The van der Waals surface area contributed by atoms with Crippen LogP contribution >= 0.6 is 0 Å². The zero-order chi connectivity index (χ0) is 13.1. The van der Waals surface area contributed by atoms with Gasteiger partial charge in [-0.1, -0.05) is 31.2 Å². The molecule has 3 heteroatoms. The molecule has 2 N–H and O–H groups in total. The van der Waals surface area contributed by atoms with E-state index >= 15 is 0 Å². The average Bonchev–Trinajstić information content (AvgIpc) is 2.65. The van der Waals surface area contributed by atoms with Crippen molar-refractivity contribution < 1.29 is 0 Å². The number of nitrogens with zero attached hydrogens (tertiary/aromatic N) is 2. The summed E-state index contributed by atoms with van der Waals surface area (Å²) in [6, 6.07) is 8.43. The van der Waals surface area contributed by atoms with E-state index in [1.54, 1.807) is 0 Å². The molecule has 0 spiro atoms. The normalized spacial score (nSPS) is 10.9. The minimum atomic E-state index is 0.597. The number of benzene rings is 1. The highest BCUT2D eigenvalue weighted by Crippen LogP contribution is 2.15. The molecule has 0 aliphatic rings. The summed E-state index contributed by atoms with van der Waals surface area (Å²) in [7, 11) is 0. The highest BCUT2D eigenvalue weighted by molar-refractivity contribution is 5.27. The minimum absolute atomic E-state index is 0.597. The molecule has 0 amide bonds. The van der Waals surface area contributed by atoms with Gasteiger partial charge in [-0.15, -0.1) is 0 Å². The Balaban J connectivity index is 2.22. The molecule has 0 aliphatic carbocycles. The molecule has 0 aliphatic heterocycles. The molecule has 0 atom stereocenters. The summed E-state index contributed by atoms with van der Waals surface area (Å²) >= 11 is 0. The van der Waals surface area contributed by atoms with Crippen LogP contribution in [0.5, 0.6) is 0 Å². The fourth-order valence-corrected chi connectivity index (χ4v) is 2.35. The summed E-state index contributed by atoms with van der Waals surface area (Å²) in [6.45, 7) is 7.84. The fourth-order valence-electron chi connectivity index (χ4n) is 2.35. The van der Waals surface area contributed by atoms with Gasteiger partial charge in [0.1, 0.15) is 0 Å². The molecule has 0 saturated heterocycles. The lowest BCUT2D eigenvalue weighted by atomic mass is 10.1. The van der Waals surface area contributed by atoms with E-state index in [0.717, 1.165) is 18.7 Å². The molecule has 1 aromatic carbocycles. The second-order valence-corrected chi connectivity index (χ2v) is 4.68. The minimum Gasteiger partial charge on any atom is -0.326 e. The van der Waals surface area contributed by atoms with Crippen molar-refractivity contribution in [3.05, 3.63) is 52.3 Å². The zero-order valence-electron chi connectivity index (χ0n) is 11.4. The van der Waals surface area contributed by atoms with Gasteiger partial charge in [0.15, 0.2) is 0 Å². The van der Waals surface area contributed by atoms with Crippen LogP contribution in [0.1, 0.15) is 35.0 Å². The van der Waals surface area contributed by atoms with Crippen LogP contribution in [0.3, 0.4) is 0 Å². The molecule has 3 nitrogen and oxygen atoms in total. The van der Waals surface area contributed by atoms with E-state index in [2.05, 4.69) is 54.8 Å². The van der Waals surface area contributed by atoms with Crippen molar-refractivity contribution in [2.75, 3.05) is 0 Å². The zero-order valence-corrected chi connectivity index (χ0v) is 11.4. The first-order valence-electron chi connectivity index (χ1n) is 6.46. The SMILES string of the molecule is CCc1c(C)nn(Cc2ccc(CN)cc2)c1C. The van der Waals surface area contributed by atoms with E-state index in [-0.39, 0.29) is 0 Å². The Hall–Kier alpha value is -1.61. The second kappa shape index (κ2) is 5.36. The van der Waals surface area contributed by atoms with Crippen LogP contribution in [0.15, 0.2) is 24.3 Å². The van der Waals surface area contributed by atoms with Gasteiger partial charge in [-0.05, 0) is 37.0 Å². The monoisotopic (exact) mass is 243 g/mol. The number of hydrogen-bond donors (Lipinski definition) is 1. The van der Waals surface area contributed by atoms with Gasteiger partial charge in [-0.3, -0.25) is 4.68 Å². The number of nitrogens with two attached hydrogens (primary N) is 1. The predicted molar refractivity (Wildman–Crippen MR) is 74.5 cm³/mol. The van der Waals surface area contributed by atoms with Gasteiger partial charge in [0.25, 0.3) is 0 Å². The summed E-state index contributed by atoms with van der Waals surface area (Å²) in [5.74, 6) is 0. The van der Waals surface area contributed by atoms with Gasteiger partial charge in [0.2, 0.25) is 0 Å². The standard InChI is InChI=1S/C15H21N3/c1-4-15-11(2)17-18(12(15)3)10-14-7-5-13(9-16)6-8-14/h5-8H,4,9-10,16H2,1-3H3. The van der Waals surface area contributed by atoms with Crippen molar-refractivity contribution >= 4 is 0 Å². The Labute approximate surface area is 109 Å². The van der Waals surface area contributed by atoms with Crippen LogP contribution < -0.4 is 5.73 Å². The van der Waals surface area contributed by atoms with Crippen LogP contribution in [-0.2, 0) is 19.5 Å². The van der Waals surface area contributed by atoms with E-state index < -0.39 is 0 Å². The first kappa shape index (κ1) is 12.8. The Morgan fingerprint density at radius 3 is 2.22 bits per heavy atom. The van der Waals surface area contributed by atoms with E-state index in [0.29, 0.717) is 6.54 Å². The summed E-state index contributed by atoms with van der Waals surface area (Å²) in [4.78, 5) is 0. The smallest absolute Gasteiger partial charge is 0.0662 e. The Bertz CT molecular complexity index is 523. The largest absolute Gasteiger partial charge is 0.326 e. The fraction of sp³-hybridized carbons (Fsp3) is 0.400. The first-order chi connectivity index (χ1) is 8.65. The molecule has 1 heterocycles. The molecule has 18 heavy (non-hydrogen) atoms. The van der Waals surface area contributed by atoms with Gasteiger partial charge in [0.05, 0.1) is 12.2 Å². The van der Waals surface area contributed by atoms with Crippen LogP contribution in [0.4, 0.5) is 0 Å². The van der Waals surface area contributed by atoms with Gasteiger partial charge < -0.3 is 5.73 Å². The Morgan fingerprint density at radius 1 is 1.11 bits per heavy atom. The van der Waals surface area contributed by atoms with E-state index in [9.17, 15) is 0 Å². The van der Waals surface area contributed by atoms with Crippen molar-refractivity contribution in [3.8, 4) is 0 Å². The number of aromatic nitrogens is 2. The molecule has 96 valence electrons. The average molecular weight is 243 g/mol. The number of aryl methyl sites for hydroxylation is 1. The number of hydrogen-bond acceptors (Lipinski definition) is 2. The number of rotatable bonds is 4. The van der Waals surface area contributed by atoms with E-state index in [1.165, 1.54) is 22.4 Å². The van der Waals surface area contributed by atoms with Crippen LogP contribution in [-0.4, -0.2) is 9.78 Å². The first-order valence-corrected chi connectivity index (χ1v) is 6.46. The lowest BCUT2D eigenvalue weighted by Crippen LogP contribution is -2.05. The van der Waals surface area contributed by atoms with Crippen molar-refractivity contribution in [2.24, 2.45) is 5.73 Å². The maximum absolute atomic E-state index is 5.60. The molecule has 1 aromatic heterocycles. The lowest BCUT2D eigenvalue weighted by molar-refractivity contribution is 0.658. The molecule has 0 unspecified atom stereocenters. The summed E-state index contributed by atoms with van der Waals surface area (Å²) in [5, 5.41) is 4.61. The Kier molecular flexibility index (Phi) is 3.82. The third kappa shape index (κ3) is 2.46. The highest BCUT2D eigenvalue weighted by atomic mass is 15.3. The van der Waals surface area contributed by atoms with Gasteiger partial charge in [-0.2, -0.15) is 5.10 Å².